The van der Waals surface area contributed by atoms with E-state index in [2.05, 4.69) is 11.7 Å². The number of rotatable bonds is 8. The average molecular weight is 237 g/mol. The Morgan fingerprint density at radius 1 is 1.24 bits per heavy atom. The summed E-state index contributed by atoms with van der Waals surface area (Å²) in [5, 5.41) is 8.70. The summed E-state index contributed by atoms with van der Waals surface area (Å²) in [4.78, 5) is 14.2. The van der Waals surface area contributed by atoms with Crippen molar-refractivity contribution in [3.8, 4) is 5.75 Å². The van der Waals surface area contributed by atoms with Crippen LogP contribution in [-0.4, -0.2) is 44.2 Å². The summed E-state index contributed by atoms with van der Waals surface area (Å²) in [7, 11) is 0. The molecule has 0 aliphatic heterocycles. The van der Waals surface area contributed by atoms with E-state index in [0.29, 0.717) is 32.1 Å². The molecule has 0 heterocycles. The molecule has 0 atom stereocenters. The van der Waals surface area contributed by atoms with Crippen molar-refractivity contribution in [3.63, 3.8) is 0 Å². The third kappa shape index (κ3) is 5.12. The number of aliphatic imine (C=N–C) groups is 1. The smallest absolute Gasteiger partial charge is 0.335 e. The summed E-state index contributed by atoms with van der Waals surface area (Å²) in [6.07, 6.45) is 0. The minimum Gasteiger partial charge on any atom is -0.491 e. The summed E-state index contributed by atoms with van der Waals surface area (Å²) >= 11 is 0. The molecule has 17 heavy (non-hydrogen) atoms. The van der Waals surface area contributed by atoms with E-state index in [1.54, 1.807) is 12.1 Å². The van der Waals surface area contributed by atoms with E-state index >= 15 is 0 Å². The molecule has 5 heteroatoms. The van der Waals surface area contributed by atoms with Crippen LogP contribution in [0.3, 0.4) is 0 Å². The van der Waals surface area contributed by atoms with Crippen molar-refractivity contribution in [1.29, 1.82) is 0 Å². The van der Waals surface area contributed by atoms with Crippen LogP contribution in [0, 0.1) is 0 Å². The minimum atomic E-state index is -0.947. The molecular weight excluding hydrogens is 222 g/mol. The van der Waals surface area contributed by atoms with Gasteiger partial charge in [-0.05, 0) is 31.0 Å². The lowest BCUT2D eigenvalue weighted by molar-refractivity contribution is 0.0696. The molecule has 0 saturated heterocycles. The van der Waals surface area contributed by atoms with Gasteiger partial charge >= 0.3 is 5.97 Å². The summed E-state index contributed by atoms with van der Waals surface area (Å²) in [5.74, 6) is -0.322. The first-order valence-electron chi connectivity index (χ1n) is 5.20. The van der Waals surface area contributed by atoms with Crippen molar-refractivity contribution in [1.82, 2.24) is 0 Å². The Kier molecular flexibility index (Phi) is 5.74. The molecule has 0 aliphatic rings. The summed E-state index contributed by atoms with van der Waals surface area (Å²) in [6.45, 7) is 5.34. The Hall–Kier alpha value is -1.88. The van der Waals surface area contributed by atoms with Gasteiger partial charge in [0, 0.05) is 0 Å². The second kappa shape index (κ2) is 7.40. The topological polar surface area (TPSA) is 68.1 Å². The van der Waals surface area contributed by atoms with E-state index in [0.717, 1.165) is 0 Å². The molecule has 1 rings (SSSR count). The van der Waals surface area contributed by atoms with Crippen molar-refractivity contribution < 1.29 is 19.4 Å². The first kappa shape index (κ1) is 13.2. The fourth-order valence-corrected chi connectivity index (χ4v) is 1.14. The second-order valence-corrected chi connectivity index (χ2v) is 3.24. The predicted molar refractivity (Wildman–Crippen MR) is 64.1 cm³/mol. The van der Waals surface area contributed by atoms with Gasteiger partial charge in [-0.1, -0.05) is 0 Å². The largest absolute Gasteiger partial charge is 0.491 e. The van der Waals surface area contributed by atoms with Crippen LogP contribution in [0.4, 0.5) is 0 Å². The first-order valence-corrected chi connectivity index (χ1v) is 5.20. The zero-order chi connectivity index (χ0) is 12.5. The normalized spacial score (nSPS) is 9.88. The molecule has 0 radical (unpaired) electrons. The average Bonchev–Trinajstić information content (AvgIpc) is 2.34. The van der Waals surface area contributed by atoms with Crippen molar-refractivity contribution in [3.05, 3.63) is 29.8 Å². The quantitative estimate of drug-likeness (QED) is 0.549. The van der Waals surface area contributed by atoms with Crippen LogP contribution in [0.1, 0.15) is 10.4 Å². The number of aromatic carboxylic acids is 1. The SMILES string of the molecule is C=NCCOCCOc1ccc(C(=O)O)cc1. The van der Waals surface area contributed by atoms with E-state index in [4.69, 9.17) is 14.6 Å². The van der Waals surface area contributed by atoms with Crippen molar-refractivity contribution in [2.75, 3.05) is 26.4 Å². The van der Waals surface area contributed by atoms with Gasteiger partial charge in [0.25, 0.3) is 0 Å². The highest BCUT2D eigenvalue weighted by atomic mass is 16.5. The molecule has 0 unspecified atom stereocenters. The molecule has 1 N–H and O–H groups in total. The van der Waals surface area contributed by atoms with Gasteiger partial charge in [-0.15, -0.1) is 0 Å². The summed E-state index contributed by atoms with van der Waals surface area (Å²) < 4.78 is 10.6. The Bertz CT molecular complexity index is 361. The fourth-order valence-electron chi connectivity index (χ4n) is 1.14. The van der Waals surface area contributed by atoms with Crippen molar-refractivity contribution in [2.45, 2.75) is 0 Å². The highest BCUT2D eigenvalue weighted by molar-refractivity contribution is 5.87. The van der Waals surface area contributed by atoms with E-state index in [-0.39, 0.29) is 5.56 Å². The lowest BCUT2D eigenvalue weighted by Gasteiger charge is -2.06. The van der Waals surface area contributed by atoms with E-state index in [1.165, 1.54) is 12.1 Å². The third-order valence-electron chi connectivity index (χ3n) is 1.99. The Labute approximate surface area is 99.7 Å². The maximum atomic E-state index is 10.6. The molecule has 5 nitrogen and oxygen atoms in total. The molecule has 0 aliphatic carbocycles. The van der Waals surface area contributed by atoms with Gasteiger partial charge in [0.2, 0.25) is 0 Å². The molecule has 0 fully saturated rings. The Balaban J connectivity index is 2.23. The van der Waals surface area contributed by atoms with Crippen LogP contribution in [0.15, 0.2) is 29.3 Å². The van der Waals surface area contributed by atoms with Crippen molar-refractivity contribution in [2.24, 2.45) is 4.99 Å². The summed E-state index contributed by atoms with van der Waals surface area (Å²) in [5.41, 5.74) is 0.241. The van der Waals surface area contributed by atoms with Gasteiger partial charge < -0.3 is 14.6 Å². The Morgan fingerprint density at radius 2 is 1.94 bits per heavy atom. The summed E-state index contributed by atoms with van der Waals surface area (Å²) in [6, 6.07) is 6.24. The first-order chi connectivity index (χ1) is 8.24. The highest BCUT2D eigenvalue weighted by Gasteiger charge is 2.01. The highest BCUT2D eigenvalue weighted by Crippen LogP contribution is 2.11. The van der Waals surface area contributed by atoms with E-state index < -0.39 is 5.97 Å². The number of carbonyl (C=O) groups is 1. The lowest BCUT2D eigenvalue weighted by Crippen LogP contribution is -2.08. The van der Waals surface area contributed by atoms with Gasteiger partial charge in [0.05, 0.1) is 25.3 Å². The van der Waals surface area contributed by atoms with Crippen LogP contribution in [0.5, 0.6) is 5.75 Å². The zero-order valence-electron chi connectivity index (χ0n) is 9.46. The molecule has 0 saturated carbocycles. The monoisotopic (exact) mass is 237 g/mol. The number of nitrogens with zero attached hydrogens (tertiary/aromatic N) is 1. The maximum Gasteiger partial charge on any atom is 0.335 e. The number of carboxylic acids is 1. The fraction of sp³-hybridized carbons (Fsp3) is 0.333. The van der Waals surface area contributed by atoms with Crippen LogP contribution in [0.2, 0.25) is 0 Å². The molecule has 92 valence electrons. The molecular formula is C12H15NO4. The molecule has 0 spiro atoms. The maximum absolute atomic E-state index is 10.6. The lowest BCUT2D eigenvalue weighted by atomic mass is 10.2. The Morgan fingerprint density at radius 3 is 2.53 bits per heavy atom. The van der Waals surface area contributed by atoms with Crippen LogP contribution >= 0.6 is 0 Å². The number of benzene rings is 1. The van der Waals surface area contributed by atoms with E-state index in [9.17, 15) is 4.79 Å². The number of hydrogen-bond acceptors (Lipinski definition) is 4. The van der Waals surface area contributed by atoms with Gasteiger partial charge in [-0.3, -0.25) is 4.99 Å². The van der Waals surface area contributed by atoms with Gasteiger partial charge in [0.1, 0.15) is 12.4 Å². The van der Waals surface area contributed by atoms with Crippen LogP contribution < -0.4 is 4.74 Å². The molecule has 0 aromatic heterocycles. The molecule has 0 bridgehead atoms. The van der Waals surface area contributed by atoms with Gasteiger partial charge in [-0.2, -0.15) is 0 Å². The van der Waals surface area contributed by atoms with Gasteiger partial charge in [-0.25, -0.2) is 4.79 Å². The number of ether oxygens (including phenoxy) is 2. The number of hydrogen-bond donors (Lipinski definition) is 1. The third-order valence-corrected chi connectivity index (χ3v) is 1.99. The molecule has 1 aromatic carbocycles. The number of carboxylic acid groups (broad SMARTS) is 1. The van der Waals surface area contributed by atoms with E-state index in [1.807, 2.05) is 0 Å². The van der Waals surface area contributed by atoms with Crippen molar-refractivity contribution >= 4 is 12.7 Å². The standard InChI is InChI=1S/C12H15NO4/c1-13-6-7-16-8-9-17-11-4-2-10(3-5-11)12(14)15/h2-5H,1,6-9H2,(H,14,15). The minimum absolute atomic E-state index is 0.241. The molecule has 0 amide bonds. The zero-order valence-corrected chi connectivity index (χ0v) is 9.46. The van der Waals surface area contributed by atoms with Gasteiger partial charge in [0.15, 0.2) is 0 Å². The molecule has 1 aromatic rings. The van der Waals surface area contributed by atoms with Crippen LogP contribution in [0.25, 0.3) is 0 Å². The predicted octanol–water partition coefficient (Wildman–Crippen LogP) is 1.48. The second-order valence-electron chi connectivity index (χ2n) is 3.24. The van der Waals surface area contributed by atoms with Crippen LogP contribution in [-0.2, 0) is 4.74 Å².